The second-order valence-corrected chi connectivity index (χ2v) is 7.13. The van der Waals surface area contributed by atoms with Crippen molar-refractivity contribution in [2.24, 2.45) is 4.99 Å². The third-order valence-electron chi connectivity index (χ3n) is 5.51. The van der Waals surface area contributed by atoms with Gasteiger partial charge in [0.05, 0.1) is 19.8 Å². The van der Waals surface area contributed by atoms with Gasteiger partial charge in [0.1, 0.15) is 12.0 Å². The van der Waals surface area contributed by atoms with Gasteiger partial charge in [0.15, 0.2) is 5.96 Å². The first-order chi connectivity index (χ1) is 12.2. The second-order valence-electron chi connectivity index (χ2n) is 7.13. The summed E-state index contributed by atoms with van der Waals surface area (Å²) in [5.74, 6) is 0.904. The van der Waals surface area contributed by atoms with Gasteiger partial charge in [-0.1, -0.05) is 24.4 Å². The van der Waals surface area contributed by atoms with E-state index in [4.69, 9.17) is 9.26 Å². The largest absolute Gasteiger partial charge is 0.379 e. The maximum absolute atomic E-state index is 5.57. The molecule has 0 atom stereocenters. The molecule has 2 fully saturated rings. The molecule has 0 radical (unpaired) electrons. The van der Waals surface area contributed by atoms with E-state index in [-0.39, 0.29) is 29.5 Å². The molecule has 26 heavy (non-hydrogen) atoms. The summed E-state index contributed by atoms with van der Waals surface area (Å²) in [6, 6.07) is 1.89. The van der Waals surface area contributed by atoms with E-state index in [0.29, 0.717) is 6.54 Å². The first kappa shape index (κ1) is 21.4. The zero-order valence-electron chi connectivity index (χ0n) is 15.9. The molecule has 1 aromatic rings. The third kappa shape index (κ3) is 5.32. The van der Waals surface area contributed by atoms with E-state index < -0.39 is 0 Å². The van der Waals surface area contributed by atoms with Gasteiger partial charge in [0, 0.05) is 45.3 Å². The van der Waals surface area contributed by atoms with Gasteiger partial charge < -0.3 is 19.5 Å². The van der Waals surface area contributed by atoms with Crippen molar-refractivity contribution in [1.29, 1.82) is 0 Å². The number of aliphatic imine (C=N–C) groups is 1. The molecule has 148 valence electrons. The first-order valence-electron chi connectivity index (χ1n) is 9.37. The number of guanidine groups is 1. The second kappa shape index (κ2) is 10.5. The number of morpholine rings is 1. The van der Waals surface area contributed by atoms with Gasteiger partial charge in [-0.15, -0.1) is 24.0 Å². The fourth-order valence-electron chi connectivity index (χ4n) is 4.12. The van der Waals surface area contributed by atoms with Crippen molar-refractivity contribution in [3.05, 3.63) is 18.0 Å². The molecule has 2 aliphatic rings. The fraction of sp³-hybridized carbons (Fsp3) is 0.778. The Kier molecular flexibility index (Phi) is 8.62. The number of ether oxygens (including phenoxy) is 1. The van der Waals surface area contributed by atoms with Gasteiger partial charge in [-0.05, 0) is 12.8 Å². The van der Waals surface area contributed by atoms with E-state index >= 15 is 0 Å². The summed E-state index contributed by atoms with van der Waals surface area (Å²) >= 11 is 0. The van der Waals surface area contributed by atoms with E-state index in [2.05, 4.69) is 25.3 Å². The number of hydrogen-bond acceptors (Lipinski definition) is 5. The molecule has 8 heteroatoms. The Morgan fingerprint density at radius 1 is 1.31 bits per heavy atom. The standard InChI is InChI=1S/C18H31N5O2.HI/c1-19-17(22(2)14-16-6-11-25-21-16)20-15-18(7-4-3-5-8-18)23-9-12-24-13-10-23;/h6,11H,3-5,7-10,12-15H2,1-2H3,(H,19,20);1H. The van der Waals surface area contributed by atoms with E-state index in [1.165, 1.54) is 32.1 Å². The highest BCUT2D eigenvalue weighted by Crippen LogP contribution is 2.33. The van der Waals surface area contributed by atoms with Crippen molar-refractivity contribution in [1.82, 2.24) is 20.3 Å². The van der Waals surface area contributed by atoms with Gasteiger partial charge in [-0.25, -0.2) is 0 Å². The quantitative estimate of drug-likeness (QED) is 0.399. The van der Waals surface area contributed by atoms with Crippen LogP contribution in [0.1, 0.15) is 37.8 Å². The van der Waals surface area contributed by atoms with Crippen LogP contribution in [0.3, 0.4) is 0 Å². The average molecular weight is 477 g/mol. The van der Waals surface area contributed by atoms with E-state index in [0.717, 1.165) is 44.5 Å². The molecule has 1 N–H and O–H groups in total. The highest BCUT2D eigenvalue weighted by atomic mass is 127. The van der Waals surface area contributed by atoms with Crippen molar-refractivity contribution < 1.29 is 9.26 Å². The Hall–Kier alpha value is -0.870. The number of aromatic nitrogens is 1. The molecule has 2 heterocycles. The molecule has 0 spiro atoms. The number of hydrogen-bond donors (Lipinski definition) is 1. The van der Waals surface area contributed by atoms with Gasteiger partial charge in [-0.3, -0.25) is 9.89 Å². The van der Waals surface area contributed by atoms with Crippen LogP contribution in [0, 0.1) is 0 Å². The molecular formula is C18H32IN5O2. The minimum Gasteiger partial charge on any atom is -0.379 e. The maximum Gasteiger partial charge on any atom is 0.193 e. The molecule has 0 aromatic carbocycles. The van der Waals surface area contributed by atoms with E-state index in [9.17, 15) is 0 Å². The molecule has 1 aromatic heterocycles. The highest BCUT2D eigenvalue weighted by molar-refractivity contribution is 14.0. The fourth-order valence-corrected chi connectivity index (χ4v) is 4.12. The van der Waals surface area contributed by atoms with Gasteiger partial charge in [0.25, 0.3) is 0 Å². The molecule has 1 aliphatic carbocycles. The Morgan fingerprint density at radius 2 is 2.04 bits per heavy atom. The summed E-state index contributed by atoms with van der Waals surface area (Å²) in [7, 11) is 3.87. The summed E-state index contributed by atoms with van der Waals surface area (Å²) in [5, 5.41) is 7.61. The van der Waals surface area contributed by atoms with Crippen molar-refractivity contribution in [2.45, 2.75) is 44.2 Å². The predicted octanol–water partition coefficient (Wildman–Crippen LogP) is 2.33. The summed E-state index contributed by atoms with van der Waals surface area (Å²) in [6.45, 7) is 5.39. The lowest BCUT2D eigenvalue weighted by atomic mass is 9.80. The van der Waals surface area contributed by atoms with Crippen LogP contribution in [-0.2, 0) is 11.3 Å². The molecule has 1 saturated heterocycles. The van der Waals surface area contributed by atoms with Crippen LogP contribution in [-0.4, -0.2) is 73.4 Å². The molecule has 0 bridgehead atoms. The van der Waals surface area contributed by atoms with Crippen LogP contribution in [0.25, 0.3) is 0 Å². The molecule has 7 nitrogen and oxygen atoms in total. The number of nitrogens with one attached hydrogen (secondary N) is 1. The Balaban J connectivity index is 0.00000243. The van der Waals surface area contributed by atoms with Gasteiger partial charge in [0.2, 0.25) is 0 Å². The van der Waals surface area contributed by atoms with Crippen LogP contribution in [0.4, 0.5) is 0 Å². The molecule has 3 rings (SSSR count). The average Bonchev–Trinajstić information content (AvgIpc) is 3.17. The topological polar surface area (TPSA) is 66.1 Å². The lowest BCUT2D eigenvalue weighted by Gasteiger charge is -2.48. The molecule has 1 aliphatic heterocycles. The molecule has 0 unspecified atom stereocenters. The van der Waals surface area contributed by atoms with Gasteiger partial charge in [-0.2, -0.15) is 0 Å². The van der Waals surface area contributed by atoms with Crippen molar-refractivity contribution in [3.8, 4) is 0 Å². The molecule has 0 amide bonds. The van der Waals surface area contributed by atoms with Crippen molar-refractivity contribution in [3.63, 3.8) is 0 Å². The maximum atomic E-state index is 5.57. The van der Waals surface area contributed by atoms with Gasteiger partial charge >= 0.3 is 0 Å². The van der Waals surface area contributed by atoms with Crippen LogP contribution in [0.2, 0.25) is 0 Å². The van der Waals surface area contributed by atoms with Crippen molar-refractivity contribution >= 4 is 29.9 Å². The highest BCUT2D eigenvalue weighted by Gasteiger charge is 2.38. The normalized spacial score (nSPS) is 21.1. The van der Waals surface area contributed by atoms with Crippen molar-refractivity contribution in [2.75, 3.05) is 46.9 Å². The first-order valence-corrected chi connectivity index (χ1v) is 9.37. The van der Waals surface area contributed by atoms with Crippen LogP contribution >= 0.6 is 24.0 Å². The number of rotatable bonds is 5. The SMILES string of the molecule is CN=C(NCC1(N2CCOCC2)CCCCC1)N(C)Cc1ccon1.I. The summed E-state index contributed by atoms with van der Waals surface area (Å²) in [5.41, 5.74) is 1.14. The zero-order valence-corrected chi connectivity index (χ0v) is 18.3. The van der Waals surface area contributed by atoms with Crippen LogP contribution in [0.5, 0.6) is 0 Å². The zero-order chi connectivity index (χ0) is 17.5. The Bertz CT molecular complexity index is 540. The number of nitrogens with zero attached hydrogens (tertiary/aromatic N) is 4. The lowest BCUT2D eigenvalue weighted by molar-refractivity contribution is -0.0354. The van der Waals surface area contributed by atoms with E-state index in [1.807, 2.05) is 20.2 Å². The monoisotopic (exact) mass is 477 g/mol. The predicted molar refractivity (Wildman–Crippen MR) is 113 cm³/mol. The summed E-state index contributed by atoms with van der Waals surface area (Å²) in [6.07, 6.45) is 8.09. The van der Waals surface area contributed by atoms with Crippen LogP contribution < -0.4 is 5.32 Å². The minimum absolute atomic E-state index is 0. The smallest absolute Gasteiger partial charge is 0.193 e. The van der Waals surface area contributed by atoms with E-state index in [1.54, 1.807) is 6.26 Å². The Labute approximate surface area is 173 Å². The molecule has 1 saturated carbocycles. The minimum atomic E-state index is 0. The Morgan fingerprint density at radius 3 is 2.65 bits per heavy atom. The molecular weight excluding hydrogens is 445 g/mol. The lowest BCUT2D eigenvalue weighted by Crippen LogP contribution is -2.60. The summed E-state index contributed by atoms with van der Waals surface area (Å²) < 4.78 is 10.5. The summed E-state index contributed by atoms with van der Waals surface area (Å²) in [4.78, 5) is 9.20. The van der Waals surface area contributed by atoms with Crippen LogP contribution in [0.15, 0.2) is 21.8 Å². The number of halogens is 1. The third-order valence-corrected chi connectivity index (χ3v) is 5.51.